The fraction of sp³-hybridized carbons (Fsp3) is 0.385. The van der Waals surface area contributed by atoms with Crippen LogP contribution in [0.4, 0.5) is 0 Å². The molecular formula is C13H14N4OS. The highest BCUT2D eigenvalue weighted by Gasteiger charge is 2.30. The van der Waals surface area contributed by atoms with E-state index in [1.807, 2.05) is 17.9 Å². The molecule has 0 unspecified atom stereocenters. The van der Waals surface area contributed by atoms with E-state index in [0.717, 1.165) is 24.5 Å². The Balaban J connectivity index is 1.72. The average Bonchev–Trinajstić information content (AvgIpc) is 3.10. The minimum absolute atomic E-state index is 0.0106. The van der Waals surface area contributed by atoms with E-state index >= 15 is 0 Å². The van der Waals surface area contributed by atoms with Gasteiger partial charge in [-0.25, -0.2) is 15.0 Å². The molecule has 3 rings (SSSR count). The molecule has 0 bridgehead atoms. The molecule has 5 nitrogen and oxygen atoms in total. The summed E-state index contributed by atoms with van der Waals surface area (Å²) in [5.74, 6) is 1.09. The molecule has 0 N–H and O–H groups in total. The van der Waals surface area contributed by atoms with Crippen LogP contribution in [0.2, 0.25) is 0 Å². The molecule has 2 aromatic rings. The molecule has 0 saturated carbocycles. The lowest BCUT2D eigenvalue weighted by atomic mass is 10.1. The Morgan fingerprint density at radius 3 is 3.11 bits per heavy atom. The van der Waals surface area contributed by atoms with Crippen molar-refractivity contribution in [3.05, 3.63) is 40.4 Å². The zero-order valence-electron chi connectivity index (χ0n) is 10.6. The zero-order chi connectivity index (χ0) is 13.2. The van der Waals surface area contributed by atoms with Crippen LogP contribution in [0, 0.1) is 6.92 Å². The van der Waals surface area contributed by atoms with Crippen LogP contribution < -0.4 is 0 Å². The molecule has 0 radical (unpaired) electrons. The first kappa shape index (κ1) is 12.2. The number of nitrogens with zero attached hydrogens (tertiary/aromatic N) is 4. The lowest BCUT2D eigenvalue weighted by Crippen LogP contribution is -2.28. The summed E-state index contributed by atoms with van der Waals surface area (Å²) in [7, 11) is 0. The molecule has 0 spiro atoms. The molecule has 1 saturated heterocycles. The maximum absolute atomic E-state index is 12.2. The Bertz CT molecular complexity index is 584. The smallest absolute Gasteiger partial charge is 0.273 e. The van der Waals surface area contributed by atoms with Crippen LogP contribution in [0.3, 0.4) is 0 Å². The normalized spacial score (nSPS) is 18.8. The van der Waals surface area contributed by atoms with Crippen LogP contribution in [-0.4, -0.2) is 38.8 Å². The van der Waals surface area contributed by atoms with E-state index in [1.165, 1.54) is 11.3 Å². The van der Waals surface area contributed by atoms with E-state index in [0.29, 0.717) is 12.2 Å². The van der Waals surface area contributed by atoms with Crippen LogP contribution in [0.5, 0.6) is 0 Å². The predicted molar refractivity (Wildman–Crippen MR) is 72.1 cm³/mol. The van der Waals surface area contributed by atoms with Gasteiger partial charge in [-0.05, 0) is 19.4 Å². The van der Waals surface area contributed by atoms with E-state index in [9.17, 15) is 4.79 Å². The molecule has 0 aliphatic carbocycles. The highest BCUT2D eigenvalue weighted by Crippen LogP contribution is 2.25. The average molecular weight is 274 g/mol. The standard InChI is InChI=1S/C13H14N4OS/c1-9-2-4-14-12(16-9)10-3-5-17(6-10)13(18)11-7-19-8-15-11/h2,4,7-8,10H,3,5-6H2,1H3/t10-/m1/s1. The number of aromatic nitrogens is 3. The molecule has 98 valence electrons. The van der Waals surface area contributed by atoms with E-state index in [4.69, 9.17) is 0 Å². The van der Waals surface area contributed by atoms with Crippen molar-refractivity contribution < 1.29 is 4.79 Å². The number of amides is 1. The highest BCUT2D eigenvalue weighted by molar-refractivity contribution is 7.07. The molecule has 1 amide bonds. The number of aryl methyl sites for hydroxylation is 1. The summed E-state index contributed by atoms with van der Waals surface area (Å²) in [6, 6.07) is 1.89. The third kappa shape index (κ3) is 2.49. The van der Waals surface area contributed by atoms with Gasteiger partial charge in [0.15, 0.2) is 0 Å². The van der Waals surface area contributed by atoms with Crippen molar-refractivity contribution >= 4 is 17.2 Å². The highest BCUT2D eigenvalue weighted by atomic mass is 32.1. The fourth-order valence-corrected chi connectivity index (χ4v) is 2.83. The summed E-state index contributed by atoms with van der Waals surface area (Å²) in [5, 5.41) is 1.79. The number of hydrogen-bond acceptors (Lipinski definition) is 5. The summed E-state index contributed by atoms with van der Waals surface area (Å²) in [6.07, 6.45) is 2.70. The monoisotopic (exact) mass is 274 g/mol. The van der Waals surface area contributed by atoms with Gasteiger partial charge in [-0.3, -0.25) is 4.79 Å². The molecule has 1 aliphatic rings. The number of likely N-dealkylation sites (tertiary alicyclic amines) is 1. The van der Waals surface area contributed by atoms with Crippen LogP contribution in [-0.2, 0) is 0 Å². The lowest BCUT2D eigenvalue weighted by Gasteiger charge is -2.14. The lowest BCUT2D eigenvalue weighted by molar-refractivity contribution is 0.0785. The first-order chi connectivity index (χ1) is 9.24. The van der Waals surface area contributed by atoms with Crippen molar-refractivity contribution in [3.63, 3.8) is 0 Å². The van der Waals surface area contributed by atoms with Gasteiger partial charge >= 0.3 is 0 Å². The minimum atomic E-state index is 0.0106. The molecule has 6 heteroatoms. The summed E-state index contributed by atoms with van der Waals surface area (Å²) in [5.41, 5.74) is 3.19. The Morgan fingerprint density at radius 2 is 2.37 bits per heavy atom. The molecule has 1 fully saturated rings. The van der Waals surface area contributed by atoms with Gasteiger partial charge in [0.05, 0.1) is 5.51 Å². The Hall–Kier alpha value is -1.82. The van der Waals surface area contributed by atoms with Gasteiger partial charge in [-0.1, -0.05) is 0 Å². The SMILES string of the molecule is Cc1ccnc([C@@H]2CCN(C(=O)c3cscn3)C2)n1. The summed E-state index contributed by atoms with van der Waals surface area (Å²) in [6.45, 7) is 3.39. The van der Waals surface area contributed by atoms with E-state index in [1.54, 1.807) is 17.1 Å². The number of carbonyl (C=O) groups excluding carboxylic acids is 1. The van der Waals surface area contributed by atoms with Crippen molar-refractivity contribution in [2.45, 2.75) is 19.3 Å². The third-order valence-electron chi connectivity index (χ3n) is 3.31. The van der Waals surface area contributed by atoms with E-state index < -0.39 is 0 Å². The molecular weight excluding hydrogens is 260 g/mol. The van der Waals surface area contributed by atoms with Crippen LogP contribution in [0.1, 0.15) is 34.3 Å². The van der Waals surface area contributed by atoms with Crippen molar-refractivity contribution in [1.29, 1.82) is 0 Å². The van der Waals surface area contributed by atoms with Gasteiger partial charge in [-0.2, -0.15) is 0 Å². The number of rotatable bonds is 2. The van der Waals surface area contributed by atoms with E-state index in [2.05, 4.69) is 15.0 Å². The van der Waals surface area contributed by atoms with Gasteiger partial charge < -0.3 is 4.90 Å². The Labute approximate surface area is 115 Å². The molecule has 3 heterocycles. The van der Waals surface area contributed by atoms with Gasteiger partial charge in [0, 0.05) is 36.3 Å². The second-order valence-corrected chi connectivity index (χ2v) is 5.39. The first-order valence-corrected chi connectivity index (χ1v) is 7.15. The summed E-state index contributed by atoms with van der Waals surface area (Å²) in [4.78, 5) is 26.9. The number of thiazole rings is 1. The van der Waals surface area contributed by atoms with Crippen LogP contribution >= 0.6 is 11.3 Å². The van der Waals surface area contributed by atoms with Crippen LogP contribution in [0.15, 0.2) is 23.2 Å². The quantitative estimate of drug-likeness (QED) is 0.839. The third-order valence-corrected chi connectivity index (χ3v) is 3.89. The maximum Gasteiger partial charge on any atom is 0.273 e. The van der Waals surface area contributed by atoms with Crippen molar-refractivity contribution in [3.8, 4) is 0 Å². The predicted octanol–water partition coefficient (Wildman–Crippen LogP) is 1.87. The van der Waals surface area contributed by atoms with Crippen LogP contribution in [0.25, 0.3) is 0 Å². The number of hydrogen-bond donors (Lipinski definition) is 0. The molecule has 0 aromatic carbocycles. The minimum Gasteiger partial charge on any atom is -0.337 e. The second-order valence-electron chi connectivity index (χ2n) is 4.67. The number of carbonyl (C=O) groups is 1. The molecule has 19 heavy (non-hydrogen) atoms. The zero-order valence-corrected chi connectivity index (χ0v) is 11.4. The van der Waals surface area contributed by atoms with Gasteiger partial charge in [0.1, 0.15) is 11.5 Å². The van der Waals surface area contributed by atoms with Gasteiger partial charge in [0.25, 0.3) is 5.91 Å². The summed E-state index contributed by atoms with van der Waals surface area (Å²) >= 11 is 1.44. The van der Waals surface area contributed by atoms with Crippen molar-refractivity contribution in [2.75, 3.05) is 13.1 Å². The second kappa shape index (κ2) is 5.05. The maximum atomic E-state index is 12.2. The largest absolute Gasteiger partial charge is 0.337 e. The van der Waals surface area contributed by atoms with Crippen molar-refractivity contribution in [1.82, 2.24) is 19.9 Å². The molecule has 1 aliphatic heterocycles. The topological polar surface area (TPSA) is 59.0 Å². The Morgan fingerprint density at radius 1 is 1.47 bits per heavy atom. The molecule has 2 aromatic heterocycles. The molecule has 1 atom stereocenters. The Kier molecular flexibility index (Phi) is 3.25. The van der Waals surface area contributed by atoms with Gasteiger partial charge in [0.2, 0.25) is 0 Å². The van der Waals surface area contributed by atoms with E-state index in [-0.39, 0.29) is 11.8 Å². The van der Waals surface area contributed by atoms with Gasteiger partial charge in [-0.15, -0.1) is 11.3 Å². The summed E-state index contributed by atoms with van der Waals surface area (Å²) < 4.78 is 0. The first-order valence-electron chi connectivity index (χ1n) is 6.21. The fourth-order valence-electron chi connectivity index (χ4n) is 2.30. The van der Waals surface area contributed by atoms with Crippen molar-refractivity contribution in [2.24, 2.45) is 0 Å².